The summed E-state index contributed by atoms with van der Waals surface area (Å²) in [5.74, 6) is -1.42. The van der Waals surface area contributed by atoms with Crippen molar-refractivity contribution < 1.29 is 32.9 Å². The van der Waals surface area contributed by atoms with E-state index in [9.17, 15) is 14.2 Å². The van der Waals surface area contributed by atoms with E-state index in [1.54, 1.807) is 84.9 Å². The first-order chi connectivity index (χ1) is 18.0. The molecule has 0 spiro atoms. The van der Waals surface area contributed by atoms with Gasteiger partial charge in [-0.2, -0.15) is 0 Å². The number of allylic oxidation sites excluding steroid dienone is 1. The second-order valence-electron chi connectivity index (χ2n) is 8.93. The molecule has 0 amide bonds. The third kappa shape index (κ3) is 4.25. The van der Waals surface area contributed by atoms with Crippen molar-refractivity contribution in [2.45, 2.75) is 18.5 Å². The summed E-state index contributed by atoms with van der Waals surface area (Å²) >= 11 is 0. The third-order valence-electron chi connectivity index (χ3n) is 6.66. The number of ketones is 1. The first-order valence-corrected chi connectivity index (χ1v) is 13.6. The molecule has 4 atom stereocenters. The first kappa shape index (κ1) is 23.6. The van der Waals surface area contributed by atoms with E-state index in [1.165, 1.54) is 6.08 Å². The van der Waals surface area contributed by atoms with Gasteiger partial charge in [-0.15, -0.1) is 0 Å². The lowest BCUT2D eigenvalue weighted by molar-refractivity contribution is -0.131. The molecule has 8 heteroatoms. The molecule has 6 rings (SSSR count). The molecule has 3 aromatic rings. The van der Waals surface area contributed by atoms with Crippen LogP contribution >= 0.6 is 7.37 Å². The molecule has 2 heterocycles. The lowest BCUT2D eigenvalue weighted by Gasteiger charge is -2.37. The fourth-order valence-electron chi connectivity index (χ4n) is 4.87. The average molecular weight is 514 g/mol. The van der Waals surface area contributed by atoms with E-state index in [2.05, 4.69) is 0 Å². The van der Waals surface area contributed by atoms with Crippen LogP contribution in [0.1, 0.15) is 10.4 Å². The van der Waals surface area contributed by atoms with Gasteiger partial charge in [0, 0.05) is 5.57 Å². The van der Waals surface area contributed by atoms with Crippen LogP contribution in [0.15, 0.2) is 114 Å². The maximum atomic E-state index is 14.6. The predicted octanol–water partition coefficient (Wildman–Crippen LogP) is 3.92. The summed E-state index contributed by atoms with van der Waals surface area (Å²) in [6.07, 6.45) is 0.445. The Hall–Kier alpha value is -3.77. The molecule has 37 heavy (non-hydrogen) atoms. The van der Waals surface area contributed by atoms with Crippen molar-refractivity contribution in [1.29, 1.82) is 0 Å². The number of rotatable bonds is 6. The molecule has 2 bridgehead atoms. The standard InChI is InChI=1S/C29H23O7P/c30-23-17-16-22-25(27(23)35-28(31)19-10-4-1-5-11-19)24-18-33-29(34-24)26(22)36-37(32,20-12-6-2-7-13-20)21-14-8-3-9-15-21/h1-17,24-25,27,29H,18H2/t24-,25+,27+,29-/m1/s1. The summed E-state index contributed by atoms with van der Waals surface area (Å²) in [6, 6.07) is 26.4. The van der Waals surface area contributed by atoms with Crippen LogP contribution in [0.3, 0.4) is 0 Å². The second kappa shape index (κ2) is 9.60. The van der Waals surface area contributed by atoms with Gasteiger partial charge in [0.05, 0.1) is 34.8 Å². The maximum absolute atomic E-state index is 14.6. The molecule has 0 N–H and O–H groups in total. The molecular formula is C29H23O7P. The Bertz CT molecular complexity index is 1390. The Balaban J connectivity index is 1.42. The molecular weight excluding hydrogens is 491 g/mol. The van der Waals surface area contributed by atoms with E-state index >= 15 is 0 Å². The summed E-state index contributed by atoms with van der Waals surface area (Å²) < 4.78 is 38.6. The fourth-order valence-corrected chi connectivity index (χ4v) is 6.97. The minimum Gasteiger partial charge on any atom is -0.450 e. The Morgan fingerprint density at radius 2 is 1.43 bits per heavy atom. The average Bonchev–Trinajstić information content (AvgIpc) is 3.38. The van der Waals surface area contributed by atoms with E-state index < -0.39 is 37.8 Å². The second-order valence-corrected chi connectivity index (χ2v) is 11.2. The molecule has 3 aliphatic rings. The van der Waals surface area contributed by atoms with Gasteiger partial charge in [-0.25, -0.2) is 4.79 Å². The highest BCUT2D eigenvalue weighted by molar-refractivity contribution is 7.74. The number of hydrogen-bond acceptors (Lipinski definition) is 7. The first-order valence-electron chi connectivity index (χ1n) is 11.9. The van der Waals surface area contributed by atoms with E-state index in [1.807, 2.05) is 12.1 Å². The predicted molar refractivity (Wildman–Crippen MR) is 136 cm³/mol. The Morgan fingerprint density at radius 1 is 0.838 bits per heavy atom. The number of hydrogen-bond donors (Lipinski definition) is 0. The van der Waals surface area contributed by atoms with Crippen LogP contribution in [-0.2, 0) is 28.1 Å². The maximum Gasteiger partial charge on any atom is 0.338 e. The zero-order chi connectivity index (χ0) is 25.4. The molecule has 1 saturated heterocycles. The lowest BCUT2D eigenvalue weighted by Crippen LogP contribution is -2.46. The fraction of sp³-hybridized carbons (Fsp3) is 0.172. The number of ether oxygens (including phenoxy) is 3. The summed E-state index contributed by atoms with van der Waals surface area (Å²) in [5, 5.41) is 1.02. The van der Waals surface area contributed by atoms with Gasteiger partial charge in [0.2, 0.25) is 6.29 Å². The number of fused-ring (bicyclic) bond motifs is 4. The van der Waals surface area contributed by atoms with Crippen molar-refractivity contribution in [3.05, 3.63) is 120 Å². The Kier molecular flexibility index (Phi) is 6.13. The zero-order valence-electron chi connectivity index (χ0n) is 19.6. The molecule has 1 aliphatic carbocycles. The van der Waals surface area contributed by atoms with Gasteiger partial charge >= 0.3 is 13.3 Å². The minimum absolute atomic E-state index is 0.174. The highest BCUT2D eigenvalue weighted by atomic mass is 31.2. The van der Waals surface area contributed by atoms with Crippen molar-refractivity contribution in [1.82, 2.24) is 0 Å². The molecule has 0 aromatic heterocycles. The van der Waals surface area contributed by atoms with Gasteiger partial charge in [0.1, 0.15) is 0 Å². The highest BCUT2D eigenvalue weighted by Crippen LogP contribution is 2.52. The summed E-state index contributed by atoms with van der Waals surface area (Å²) in [5.41, 5.74) is 0.915. The molecule has 0 radical (unpaired) electrons. The molecule has 3 aromatic carbocycles. The summed E-state index contributed by atoms with van der Waals surface area (Å²) in [4.78, 5) is 25.8. The zero-order valence-corrected chi connectivity index (χ0v) is 20.5. The van der Waals surface area contributed by atoms with Crippen LogP contribution in [0.25, 0.3) is 0 Å². The Labute approximate surface area is 213 Å². The van der Waals surface area contributed by atoms with Crippen molar-refractivity contribution in [3.8, 4) is 0 Å². The smallest absolute Gasteiger partial charge is 0.338 e. The van der Waals surface area contributed by atoms with Gasteiger partial charge in [0.15, 0.2) is 17.6 Å². The van der Waals surface area contributed by atoms with E-state index in [0.717, 1.165) is 0 Å². The van der Waals surface area contributed by atoms with Crippen molar-refractivity contribution in [2.75, 3.05) is 6.61 Å². The van der Waals surface area contributed by atoms with Crippen LogP contribution < -0.4 is 10.6 Å². The number of esters is 1. The van der Waals surface area contributed by atoms with Crippen LogP contribution in [0.2, 0.25) is 0 Å². The summed E-state index contributed by atoms with van der Waals surface area (Å²) in [6.45, 7) is 0.174. The number of benzene rings is 3. The third-order valence-corrected chi connectivity index (χ3v) is 9.07. The molecule has 186 valence electrons. The molecule has 7 nitrogen and oxygen atoms in total. The van der Waals surface area contributed by atoms with Gasteiger partial charge in [-0.05, 0) is 42.5 Å². The molecule has 0 unspecified atom stereocenters. The van der Waals surface area contributed by atoms with Crippen LogP contribution in [-0.4, -0.2) is 36.9 Å². The van der Waals surface area contributed by atoms with Gasteiger partial charge < -0.3 is 18.7 Å². The van der Waals surface area contributed by atoms with Crippen molar-refractivity contribution >= 4 is 29.7 Å². The van der Waals surface area contributed by atoms with E-state index in [0.29, 0.717) is 21.7 Å². The SMILES string of the molecule is O=C(O[C@H]1C(=O)C=CC2=C(OP(=O)(c3ccccc3)c3ccccc3)[C@@H]3OC[C@@H](O3)[C@H]21)c1ccccc1. The quantitative estimate of drug-likeness (QED) is 0.364. The van der Waals surface area contributed by atoms with E-state index in [-0.39, 0.29) is 18.1 Å². The molecule has 1 fully saturated rings. The van der Waals surface area contributed by atoms with Crippen molar-refractivity contribution in [2.24, 2.45) is 5.92 Å². The molecule has 0 saturated carbocycles. The van der Waals surface area contributed by atoms with Gasteiger partial charge in [-0.3, -0.25) is 9.36 Å². The largest absolute Gasteiger partial charge is 0.450 e. The minimum atomic E-state index is -3.64. The van der Waals surface area contributed by atoms with Crippen LogP contribution in [0.4, 0.5) is 0 Å². The summed E-state index contributed by atoms with van der Waals surface area (Å²) in [7, 11) is -3.64. The highest BCUT2D eigenvalue weighted by Gasteiger charge is 2.52. The normalized spacial score (nSPS) is 24.5. The lowest BCUT2D eigenvalue weighted by atomic mass is 9.80. The van der Waals surface area contributed by atoms with E-state index in [4.69, 9.17) is 18.7 Å². The Morgan fingerprint density at radius 3 is 2.05 bits per heavy atom. The molecule has 2 aliphatic heterocycles. The number of carbonyl (C=O) groups is 2. The monoisotopic (exact) mass is 514 g/mol. The number of carbonyl (C=O) groups excluding carboxylic acids is 2. The van der Waals surface area contributed by atoms with Crippen LogP contribution in [0.5, 0.6) is 0 Å². The van der Waals surface area contributed by atoms with Gasteiger partial charge in [0.25, 0.3) is 0 Å². The topological polar surface area (TPSA) is 88.1 Å². The van der Waals surface area contributed by atoms with Crippen LogP contribution in [0, 0.1) is 5.92 Å². The van der Waals surface area contributed by atoms with Crippen molar-refractivity contribution in [3.63, 3.8) is 0 Å². The van der Waals surface area contributed by atoms with Gasteiger partial charge in [-0.1, -0.05) is 60.7 Å².